The summed E-state index contributed by atoms with van der Waals surface area (Å²) in [5.74, 6) is -0.552. The molecule has 8 nitrogen and oxygen atoms in total. The molecule has 10 heteroatoms. The molecule has 2 aliphatic rings. The van der Waals surface area contributed by atoms with Gasteiger partial charge in [-0.1, -0.05) is 36.5 Å². The summed E-state index contributed by atoms with van der Waals surface area (Å²) in [5, 5.41) is 12.4. The minimum Gasteiger partial charge on any atom is -0.506 e. The summed E-state index contributed by atoms with van der Waals surface area (Å²) >= 11 is 9.98. The summed E-state index contributed by atoms with van der Waals surface area (Å²) in [7, 11) is 1.51. The lowest BCUT2D eigenvalue weighted by Gasteiger charge is -2.31. The Kier molecular flexibility index (Phi) is 4.59. The first kappa shape index (κ1) is 19.4. The van der Waals surface area contributed by atoms with Gasteiger partial charge in [-0.15, -0.1) is 0 Å². The number of hydrogen-bond acceptors (Lipinski definition) is 6. The van der Waals surface area contributed by atoms with Crippen molar-refractivity contribution in [2.45, 2.75) is 12.1 Å². The van der Waals surface area contributed by atoms with Crippen LogP contribution < -0.4 is 10.1 Å². The van der Waals surface area contributed by atoms with E-state index in [9.17, 15) is 19.5 Å². The number of urea groups is 1. The van der Waals surface area contributed by atoms with Crippen molar-refractivity contribution in [1.29, 1.82) is 0 Å². The van der Waals surface area contributed by atoms with E-state index in [1.165, 1.54) is 30.2 Å². The highest BCUT2D eigenvalue weighted by Gasteiger charge is 2.54. The van der Waals surface area contributed by atoms with Crippen LogP contribution in [0.2, 0.25) is 5.02 Å². The Morgan fingerprint density at radius 1 is 1.24 bits per heavy atom. The molecule has 0 saturated carbocycles. The van der Waals surface area contributed by atoms with E-state index in [2.05, 4.69) is 18.1 Å². The summed E-state index contributed by atoms with van der Waals surface area (Å²) in [4.78, 5) is 39.6. The number of thiol groups is 1. The van der Waals surface area contributed by atoms with Gasteiger partial charge in [0, 0.05) is 12.1 Å². The lowest BCUT2D eigenvalue weighted by atomic mass is 9.89. The second-order valence-corrected chi connectivity index (χ2v) is 7.61. The second kappa shape index (κ2) is 6.85. The number of phenolic OH excluding ortho intramolecular Hbond substituents is 1. The molecule has 0 radical (unpaired) electrons. The molecule has 0 aliphatic carbocycles. The molecule has 4 rings (SSSR count). The third-order valence-corrected chi connectivity index (χ3v) is 5.80. The minimum absolute atomic E-state index is 0.0160. The van der Waals surface area contributed by atoms with E-state index in [-0.39, 0.29) is 29.8 Å². The molecule has 29 heavy (non-hydrogen) atoms. The van der Waals surface area contributed by atoms with Crippen molar-refractivity contribution in [3.05, 3.63) is 58.1 Å². The van der Waals surface area contributed by atoms with Crippen molar-refractivity contribution in [3.63, 3.8) is 0 Å². The number of ether oxygens (including phenoxy) is 1. The van der Waals surface area contributed by atoms with Gasteiger partial charge in [-0.2, -0.15) is 0 Å². The Morgan fingerprint density at radius 3 is 2.62 bits per heavy atom. The summed E-state index contributed by atoms with van der Waals surface area (Å²) in [5.41, 5.74) is 0.00582. The Labute approximate surface area is 176 Å². The molecule has 4 amide bonds. The van der Waals surface area contributed by atoms with Crippen molar-refractivity contribution in [3.8, 4) is 11.5 Å². The lowest BCUT2D eigenvalue weighted by molar-refractivity contribution is -0.128. The van der Waals surface area contributed by atoms with Crippen molar-refractivity contribution in [2.75, 3.05) is 13.7 Å². The SMILES string of the molecule is COc1ccc2c(c1)C(=O)N(C[C@@]1(c3ccc(O)c(Cl)c3)NC(=O)N(S)C1=O)C2. The zero-order valence-electron chi connectivity index (χ0n) is 15.2. The van der Waals surface area contributed by atoms with Gasteiger partial charge in [-0.3, -0.25) is 9.59 Å². The number of nitrogens with one attached hydrogen (secondary N) is 1. The van der Waals surface area contributed by atoms with Gasteiger partial charge in [-0.05, 0) is 35.4 Å². The number of carbonyl (C=O) groups excluding carboxylic acids is 3. The number of fused-ring (bicyclic) bond motifs is 1. The van der Waals surface area contributed by atoms with Crippen LogP contribution in [0, 0.1) is 0 Å². The normalized spacial score (nSPS) is 20.9. The van der Waals surface area contributed by atoms with Crippen molar-refractivity contribution < 1.29 is 24.2 Å². The van der Waals surface area contributed by atoms with E-state index >= 15 is 0 Å². The third-order valence-electron chi connectivity index (χ3n) is 5.13. The van der Waals surface area contributed by atoms with Gasteiger partial charge >= 0.3 is 6.03 Å². The molecular formula is C19H16ClN3O5S. The molecule has 0 bridgehead atoms. The summed E-state index contributed by atoms with van der Waals surface area (Å²) in [6.45, 7) is 0.132. The van der Waals surface area contributed by atoms with Crippen molar-refractivity contribution in [1.82, 2.24) is 14.5 Å². The third kappa shape index (κ3) is 2.97. The largest absolute Gasteiger partial charge is 0.506 e. The maximum Gasteiger partial charge on any atom is 0.335 e. The Hall–Kier alpha value is -2.91. The highest BCUT2D eigenvalue weighted by atomic mass is 35.5. The fraction of sp³-hybridized carbons (Fsp3) is 0.211. The standard InChI is InChI=1S/C19H16ClN3O5S/c1-28-12-4-2-10-8-22(16(25)13(10)7-12)9-19(17(26)23(29)18(27)21-19)11-3-5-15(24)14(20)6-11/h2-7,24,29H,8-9H2,1H3,(H,21,27)/t19-/m0/s1. The molecule has 0 spiro atoms. The van der Waals surface area contributed by atoms with E-state index in [0.717, 1.165) is 5.56 Å². The number of hydrogen-bond donors (Lipinski definition) is 3. The van der Waals surface area contributed by atoms with E-state index in [4.69, 9.17) is 16.3 Å². The summed E-state index contributed by atoms with van der Waals surface area (Å²) in [6, 6.07) is 8.65. The number of phenols is 1. The van der Waals surface area contributed by atoms with E-state index in [0.29, 0.717) is 21.2 Å². The number of aromatic hydroxyl groups is 1. The first-order chi connectivity index (χ1) is 13.8. The van der Waals surface area contributed by atoms with Crippen LogP contribution in [0.15, 0.2) is 36.4 Å². The first-order valence-corrected chi connectivity index (χ1v) is 9.35. The van der Waals surface area contributed by atoms with Gasteiger partial charge in [-0.25, -0.2) is 9.10 Å². The number of amides is 4. The van der Waals surface area contributed by atoms with Crippen LogP contribution in [0.5, 0.6) is 11.5 Å². The first-order valence-electron chi connectivity index (χ1n) is 8.57. The highest BCUT2D eigenvalue weighted by molar-refractivity contribution is 7.79. The molecular weight excluding hydrogens is 418 g/mol. The maximum absolute atomic E-state index is 13.0. The Morgan fingerprint density at radius 2 is 2.00 bits per heavy atom. The molecule has 150 valence electrons. The fourth-order valence-corrected chi connectivity index (χ4v) is 4.01. The lowest BCUT2D eigenvalue weighted by Crippen LogP contribution is -2.52. The number of methoxy groups -OCH3 is 1. The van der Waals surface area contributed by atoms with Gasteiger partial charge in [0.2, 0.25) is 0 Å². The van der Waals surface area contributed by atoms with Crippen LogP contribution in [0.25, 0.3) is 0 Å². The number of halogens is 1. The molecule has 2 aromatic carbocycles. The molecule has 1 atom stereocenters. The predicted octanol–water partition coefficient (Wildman–Crippen LogP) is 2.30. The van der Waals surface area contributed by atoms with Gasteiger partial charge in [0.1, 0.15) is 11.5 Å². The van der Waals surface area contributed by atoms with Crippen LogP contribution in [0.4, 0.5) is 4.79 Å². The fourth-order valence-electron chi connectivity index (χ4n) is 3.61. The number of rotatable bonds is 4. The molecule has 2 aromatic rings. The molecule has 2 aliphatic heterocycles. The Bertz CT molecular complexity index is 1060. The maximum atomic E-state index is 13.0. The average molecular weight is 434 g/mol. The molecule has 0 unspecified atom stereocenters. The zero-order valence-corrected chi connectivity index (χ0v) is 16.8. The zero-order chi connectivity index (χ0) is 20.9. The number of imide groups is 1. The van der Waals surface area contributed by atoms with Crippen LogP contribution in [-0.4, -0.2) is 45.8 Å². The van der Waals surface area contributed by atoms with Gasteiger partial charge < -0.3 is 20.1 Å². The number of benzene rings is 2. The number of carbonyl (C=O) groups is 3. The minimum atomic E-state index is -1.59. The molecule has 2 N–H and O–H groups in total. The van der Waals surface area contributed by atoms with Crippen LogP contribution in [-0.2, 0) is 16.9 Å². The highest BCUT2D eigenvalue weighted by Crippen LogP contribution is 2.37. The predicted molar refractivity (Wildman–Crippen MR) is 107 cm³/mol. The van der Waals surface area contributed by atoms with Crippen molar-refractivity contribution >= 4 is 42.3 Å². The van der Waals surface area contributed by atoms with E-state index in [1.54, 1.807) is 18.2 Å². The smallest absolute Gasteiger partial charge is 0.335 e. The van der Waals surface area contributed by atoms with E-state index < -0.39 is 17.5 Å². The monoisotopic (exact) mass is 433 g/mol. The summed E-state index contributed by atoms with van der Waals surface area (Å²) in [6.07, 6.45) is 0. The molecule has 1 saturated heterocycles. The quantitative estimate of drug-likeness (QED) is 0.507. The average Bonchev–Trinajstić information content (AvgIpc) is 3.13. The van der Waals surface area contributed by atoms with Gasteiger partial charge in [0.25, 0.3) is 11.8 Å². The Balaban J connectivity index is 1.74. The second-order valence-electron chi connectivity index (χ2n) is 6.80. The molecule has 1 fully saturated rings. The van der Waals surface area contributed by atoms with E-state index in [1.807, 2.05) is 0 Å². The molecule has 2 heterocycles. The van der Waals surface area contributed by atoms with Crippen LogP contribution in [0.1, 0.15) is 21.5 Å². The number of nitrogens with zero attached hydrogens (tertiary/aromatic N) is 2. The van der Waals surface area contributed by atoms with Crippen molar-refractivity contribution in [2.24, 2.45) is 0 Å². The summed E-state index contributed by atoms with van der Waals surface area (Å²) < 4.78 is 5.84. The topological polar surface area (TPSA) is 99.2 Å². The van der Waals surface area contributed by atoms with Gasteiger partial charge in [0.05, 0.1) is 18.7 Å². The van der Waals surface area contributed by atoms with Crippen LogP contribution in [0.3, 0.4) is 0 Å². The molecule has 0 aromatic heterocycles. The van der Waals surface area contributed by atoms with Crippen LogP contribution >= 0.6 is 24.4 Å². The van der Waals surface area contributed by atoms with Gasteiger partial charge in [0.15, 0.2) is 5.54 Å².